The predicted octanol–water partition coefficient (Wildman–Crippen LogP) is 0.251. The maximum atomic E-state index is 3.52. The molecule has 5 heavy (non-hydrogen) atoms. The first-order chi connectivity index (χ1) is 2.41. The van der Waals surface area contributed by atoms with Crippen LogP contribution in [0.2, 0.25) is 13.0 Å². The number of hydrogen-bond acceptors (Lipinski definition) is 0. The van der Waals surface area contributed by atoms with Crippen molar-refractivity contribution in [2.45, 2.75) is 13.0 Å². The molecule has 0 aromatic heterocycles. The fourth-order valence-electron chi connectivity index (χ4n) is 0.167. The third kappa shape index (κ3) is 4.00. The summed E-state index contributed by atoms with van der Waals surface area (Å²) in [4.78, 5) is 0. The van der Waals surface area contributed by atoms with Gasteiger partial charge in [-0.15, -0.1) is 0 Å². The van der Waals surface area contributed by atoms with Crippen molar-refractivity contribution in [2.24, 2.45) is 0 Å². The van der Waals surface area contributed by atoms with Crippen LogP contribution in [0.1, 0.15) is 0 Å². The zero-order valence-corrected chi connectivity index (χ0v) is 3.57. The Bertz CT molecular complexity index is 26.1. The van der Waals surface area contributed by atoms with Crippen molar-refractivity contribution in [3.05, 3.63) is 0 Å². The van der Waals surface area contributed by atoms with E-state index in [1.807, 2.05) is 13.7 Å². The van der Waals surface area contributed by atoms with Crippen LogP contribution in [0.5, 0.6) is 0 Å². The first kappa shape index (κ1) is 5.00. The van der Waals surface area contributed by atoms with Gasteiger partial charge in [0.2, 0.25) is 0 Å². The van der Waals surface area contributed by atoms with E-state index in [-0.39, 0.29) is 0 Å². The third-order valence-electron chi connectivity index (χ3n) is 0.402. The van der Waals surface area contributed by atoms with Crippen molar-refractivity contribution in [3.8, 4) is 0 Å². The molecule has 0 rings (SSSR count). The Hall–Kier alpha value is -0.000130. The van der Waals surface area contributed by atoms with Crippen LogP contribution in [0.15, 0.2) is 0 Å². The van der Waals surface area contributed by atoms with E-state index in [2.05, 4.69) is 13.7 Å². The van der Waals surface area contributed by atoms with Gasteiger partial charge in [0.1, 0.15) is 0 Å². The zero-order valence-electron chi connectivity index (χ0n) is 3.57. The van der Waals surface area contributed by atoms with Gasteiger partial charge >= 0.3 is 33.7 Å². The fraction of sp³-hybridized carbons (Fsp3) is 0.667. The first-order valence-corrected chi connectivity index (χ1v) is 1.80. The molecule has 0 amide bonds. The Balaban J connectivity index is 2.40. The van der Waals surface area contributed by atoms with E-state index in [0.717, 1.165) is 6.22 Å². The average molecular weight is 64.7 g/mol. The van der Waals surface area contributed by atoms with Crippen LogP contribution in [0.3, 0.4) is 0 Å². The van der Waals surface area contributed by atoms with Crippen LogP contribution < -0.4 is 0 Å². The molecule has 0 bridgehead atoms. The normalized spacial score (nSPS) is 5.80. The van der Waals surface area contributed by atoms with Gasteiger partial charge in [0.15, 0.2) is 0 Å². The summed E-state index contributed by atoms with van der Waals surface area (Å²) in [5, 5.41) is 0. The van der Waals surface area contributed by atoms with Crippen molar-refractivity contribution >= 4 is 20.7 Å². The summed E-state index contributed by atoms with van der Waals surface area (Å²) >= 11 is 0. The molecule has 0 heterocycles. The van der Waals surface area contributed by atoms with E-state index in [9.17, 15) is 0 Å². The van der Waals surface area contributed by atoms with Crippen molar-refractivity contribution in [1.82, 2.24) is 0 Å². The van der Waals surface area contributed by atoms with E-state index in [1.165, 1.54) is 0 Å². The van der Waals surface area contributed by atoms with Crippen molar-refractivity contribution in [1.29, 1.82) is 0 Å². The molecular formula is C3H7B2. The molecule has 0 spiro atoms. The van der Waals surface area contributed by atoms with Gasteiger partial charge in [0.05, 0.1) is 0 Å². The minimum atomic E-state index is 1.03. The number of hydrogen-bond donors (Lipinski definition) is 0. The summed E-state index contributed by atoms with van der Waals surface area (Å²) in [5.41, 5.74) is 0. The molecule has 0 saturated carbocycles. The van der Waals surface area contributed by atoms with Crippen molar-refractivity contribution < 1.29 is 0 Å². The van der Waals surface area contributed by atoms with Gasteiger partial charge in [-0.05, 0) is 0 Å². The van der Waals surface area contributed by atoms with E-state index < -0.39 is 0 Å². The van der Waals surface area contributed by atoms with E-state index in [4.69, 9.17) is 0 Å². The van der Waals surface area contributed by atoms with Gasteiger partial charge in [0, 0.05) is 0 Å². The molecule has 0 N–H and O–H groups in total. The molecule has 0 aliphatic rings. The summed E-state index contributed by atoms with van der Waals surface area (Å²) < 4.78 is 0. The Kier molecular flexibility index (Phi) is 4.00. The van der Waals surface area contributed by atoms with Crippen LogP contribution in [0, 0.1) is 0 Å². The first-order valence-electron chi connectivity index (χ1n) is 1.80. The van der Waals surface area contributed by atoms with Gasteiger partial charge in [-0.3, -0.25) is 0 Å². The SMILES string of the molecule is C=BC[B]C. The average Bonchev–Trinajstić information content (AvgIpc) is 1.41. The number of rotatable bonds is 2. The Labute approximate surface area is 34.7 Å². The Morgan fingerprint density at radius 1 is 1.80 bits per heavy atom. The second-order valence-electron chi connectivity index (χ2n) is 0.933. The summed E-state index contributed by atoms with van der Waals surface area (Å²) in [7, 11) is 2.06. The molecule has 0 atom stereocenters. The second kappa shape index (κ2) is 4.00. The van der Waals surface area contributed by atoms with Crippen LogP contribution in [0.4, 0.5) is 0 Å². The van der Waals surface area contributed by atoms with Crippen LogP contribution in [-0.2, 0) is 0 Å². The summed E-state index contributed by atoms with van der Waals surface area (Å²) in [6.45, 7) is 7.41. The Morgan fingerprint density at radius 3 is 2.40 bits per heavy atom. The molecule has 0 saturated heterocycles. The van der Waals surface area contributed by atoms with Crippen LogP contribution >= 0.6 is 0 Å². The minimum absolute atomic E-state index is 1.03. The van der Waals surface area contributed by atoms with Crippen molar-refractivity contribution in [3.63, 3.8) is 0 Å². The van der Waals surface area contributed by atoms with Gasteiger partial charge in [0.25, 0.3) is 0 Å². The molecule has 0 aromatic rings. The molecule has 0 aliphatic carbocycles. The molecular weight excluding hydrogens is 57.7 g/mol. The molecule has 0 unspecified atom stereocenters. The van der Waals surface area contributed by atoms with Gasteiger partial charge in [-0.2, -0.15) is 0 Å². The fourth-order valence-corrected chi connectivity index (χ4v) is 0.167. The molecule has 2 heteroatoms. The van der Waals surface area contributed by atoms with Crippen molar-refractivity contribution in [2.75, 3.05) is 0 Å². The third-order valence-corrected chi connectivity index (χ3v) is 0.402. The molecule has 0 fully saturated rings. The van der Waals surface area contributed by atoms with Gasteiger partial charge in [-0.1, -0.05) is 0 Å². The van der Waals surface area contributed by atoms with Gasteiger partial charge < -0.3 is 0 Å². The zero-order chi connectivity index (χ0) is 4.12. The molecule has 0 aliphatic heterocycles. The van der Waals surface area contributed by atoms with Crippen LogP contribution in [0.25, 0.3) is 0 Å². The summed E-state index contributed by atoms with van der Waals surface area (Å²) in [6, 6.07) is 0. The van der Waals surface area contributed by atoms with Crippen LogP contribution in [-0.4, -0.2) is 20.7 Å². The predicted molar refractivity (Wildman–Crippen MR) is 29.3 cm³/mol. The maximum absolute atomic E-state index is 3.52. The standard InChI is InChI=1S/C3H7B2/c1-4-3-5-2/h1,3H2,2H3. The molecule has 0 aromatic carbocycles. The molecule has 0 nitrogen and oxygen atoms in total. The molecule has 1 radical (unpaired) electrons. The molecule has 25 valence electrons. The quantitative estimate of drug-likeness (QED) is 0.404. The van der Waals surface area contributed by atoms with Gasteiger partial charge in [-0.25, -0.2) is 0 Å². The van der Waals surface area contributed by atoms with E-state index in [0.29, 0.717) is 0 Å². The summed E-state index contributed by atoms with van der Waals surface area (Å²) in [6.07, 6.45) is 1.03. The second-order valence-corrected chi connectivity index (χ2v) is 0.933. The van der Waals surface area contributed by atoms with E-state index in [1.54, 1.807) is 0 Å². The monoisotopic (exact) mass is 65.1 g/mol. The van der Waals surface area contributed by atoms with E-state index >= 15 is 0 Å². The summed E-state index contributed by atoms with van der Waals surface area (Å²) in [5.74, 6) is 0. The topological polar surface area (TPSA) is 0 Å². The Morgan fingerprint density at radius 2 is 2.40 bits per heavy atom.